The average molecular weight is 296 g/mol. The number of anilines is 1. The van der Waals surface area contributed by atoms with Crippen LogP contribution in [-0.2, 0) is 4.79 Å². The van der Waals surface area contributed by atoms with E-state index < -0.39 is 5.54 Å². The van der Waals surface area contributed by atoms with Gasteiger partial charge in [-0.25, -0.2) is 0 Å². The summed E-state index contributed by atoms with van der Waals surface area (Å²) in [5, 5.41) is 3.83. The first-order valence-corrected chi connectivity index (χ1v) is 7.31. The molecule has 1 aromatic rings. The van der Waals surface area contributed by atoms with Gasteiger partial charge in [0.2, 0.25) is 5.91 Å². The van der Waals surface area contributed by atoms with Crippen LogP contribution in [0.4, 0.5) is 5.69 Å². The number of hydrogen-bond acceptors (Lipinski definition) is 3. The van der Waals surface area contributed by atoms with Crippen LogP contribution in [-0.4, -0.2) is 49.6 Å². The summed E-state index contributed by atoms with van der Waals surface area (Å²) >= 11 is 6.22. The van der Waals surface area contributed by atoms with E-state index in [9.17, 15) is 4.79 Å². The van der Waals surface area contributed by atoms with Crippen LogP contribution in [0.15, 0.2) is 24.3 Å². The van der Waals surface area contributed by atoms with Crippen molar-refractivity contribution in [2.75, 3.05) is 38.1 Å². The van der Waals surface area contributed by atoms with Gasteiger partial charge < -0.3 is 15.1 Å². The molecule has 0 radical (unpaired) electrons. The first-order chi connectivity index (χ1) is 9.45. The van der Waals surface area contributed by atoms with Gasteiger partial charge >= 0.3 is 0 Å². The highest BCUT2D eigenvalue weighted by Crippen LogP contribution is 2.26. The van der Waals surface area contributed by atoms with Crippen LogP contribution >= 0.6 is 11.6 Å². The summed E-state index contributed by atoms with van der Waals surface area (Å²) in [5.41, 5.74) is 0.543. The number of carbonyl (C=O) groups is 1. The molecule has 0 aromatic heterocycles. The molecule has 110 valence electrons. The number of para-hydroxylation sites is 1. The monoisotopic (exact) mass is 295 g/mol. The number of rotatable bonds is 3. The van der Waals surface area contributed by atoms with Crippen molar-refractivity contribution in [2.45, 2.75) is 19.4 Å². The number of halogens is 1. The van der Waals surface area contributed by atoms with Gasteiger partial charge in [0.05, 0.1) is 16.2 Å². The number of nitrogens with zero attached hydrogens (tertiary/aromatic N) is 2. The van der Waals surface area contributed by atoms with E-state index >= 15 is 0 Å². The van der Waals surface area contributed by atoms with Crippen molar-refractivity contribution < 1.29 is 4.79 Å². The Morgan fingerprint density at radius 3 is 2.35 bits per heavy atom. The van der Waals surface area contributed by atoms with Crippen molar-refractivity contribution in [3.63, 3.8) is 0 Å². The predicted octanol–water partition coefficient (Wildman–Crippen LogP) is 1.99. The van der Waals surface area contributed by atoms with E-state index in [1.807, 2.05) is 50.1 Å². The maximum Gasteiger partial charge on any atom is 0.242 e. The third-order valence-corrected chi connectivity index (χ3v) is 4.24. The molecule has 1 heterocycles. The summed E-state index contributed by atoms with van der Waals surface area (Å²) < 4.78 is 0. The SMILES string of the molecule is CNC(C)(C)C(=O)N1CCN(c2ccccc2Cl)CC1. The lowest BCUT2D eigenvalue weighted by Gasteiger charge is -2.39. The van der Waals surface area contributed by atoms with Crippen LogP contribution < -0.4 is 10.2 Å². The van der Waals surface area contributed by atoms with Gasteiger partial charge in [-0.3, -0.25) is 4.79 Å². The lowest BCUT2D eigenvalue weighted by Crippen LogP contribution is -2.58. The molecule has 4 nitrogen and oxygen atoms in total. The zero-order valence-electron chi connectivity index (χ0n) is 12.3. The van der Waals surface area contributed by atoms with Gasteiger partial charge in [0.1, 0.15) is 0 Å². The number of likely N-dealkylation sites (N-methyl/N-ethyl adjacent to an activating group) is 1. The highest BCUT2D eigenvalue weighted by Gasteiger charge is 2.32. The van der Waals surface area contributed by atoms with Crippen molar-refractivity contribution in [1.29, 1.82) is 0 Å². The summed E-state index contributed by atoms with van der Waals surface area (Å²) in [6.45, 7) is 6.92. The molecule has 0 atom stereocenters. The topological polar surface area (TPSA) is 35.6 Å². The third kappa shape index (κ3) is 3.07. The van der Waals surface area contributed by atoms with Gasteiger partial charge in [0.15, 0.2) is 0 Å². The van der Waals surface area contributed by atoms with Crippen LogP contribution in [0.25, 0.3) is 0 Å². The Labute approximate surface area is 125 Å². The lowest BCUT2D eigenvalue weighted by molar-refractivity contribution is -0.137. The van der Waals surface area contributed by atoms with Gasteiger partial charge in [-0.05, 0) is 33.0 Å². The van der Waals surface area contributed by atoms with E-state index in [1.165, 1.54) is 0 Å². The molecule has 0 spiro atoms. The number of benzene rings is 1. The zero-order valence-corrected chi connectivity index (χ0v) is 13.1. The summed E-state index contributed by atoms with van der Waals surface area (Å²) in [7, 11) is 1.82. The minimum atomic E-state index is -0.507. The minimum Gasteiger partial charge on any atom is -0.367 e. The number of amides is 1. The fraction of sp³-hybridized carbons (Fsp3) is 0.533. The van der Waals surface area contributed by atoms with Gasteiger partial charge in [-0.2, -0.15) is 0 Å². The van der Waals surface area contributed by atoms with Gasteiger partial charge in [-0.15, -0.1) is 0 Å². The molecule has 1 aromatic carbocycles. The van der Waals surface area contributed by atoms with Gasteiger partial charge in [0, 0.05) is 26.2 Å². The third-order valence-electron chi connectivity index (χ3n) is 3.92. The van der Waals surface area contributed by atoms with E-state index in [-0.39, 0.29) is 5.91 Å². The fourth-order valence-corrected chi connectivity index (χ4v) is 2.62. The molecule has 1 N–H and O–H groups in total. The molecule has 0 bridgehead atoms. The molecule has 1 aliphatic heterocycles. The highest BCUT2D eigenvalue weighted by molar-refractivity contribution is 6.33. The molecule has 5 heteroatoms. The highest BCUT2D eigenvalue weighted by atomic mass is 35.5. The van der Waals surface area contributed by atoms with Gasteiger partial charge in [-0.1, -0.05) is 23.7 Å². The molecule has 20 heavy (non-hydrogen) atoms. The Balaban J connectivity index is 2.00. The summed E-state index contributed by atoms with van der Waals surface area (Å²) in [6.07, 6.45) is 0. The second kappa shape index (κ2) is 6.02. The van der Waals surface area contributed by atoms with E-state index in [2.05, 4.69) is 10.2 Å². The second-order valence-electron chi connectivity index (χ2n) is 5.61. The molecule has 0 unspecified atom stereocenters. The Bertz CT molecular complexity index is 482. The van der Waals surface area contributed by atoms with Crippen molar-refractivity contribution >= 4 is 23.2 Å². The first kappa shape index (κ1) is 15.1. The van der Waals surface area contributed by atoms with Crippen LogP contribution in [0.2, 0.25) is 5.02 Å². The van der Waals surface area contributed by atoms with Crippen LogP contribution in [0.5, 0.6) is 0 Å². The maximum absolute atomic E-state index is 12.4. The Hall–Kier alpha value is -1.26. The molecule has 1 saturated heterocycles. The first-order valence-electron chi connectivity index (χ1n) is 6.93. The van der Waals surface area contributed by atoms with Crippen molar-refractivity contribution in [1.82, 2.24) is 10.2 Å². The Morgan fingerprint density at radius 2 is 1.80 bits per heavy atom. The second-order valence-corrected chi connectivity index (χ2v) is 6.01. The fourth-order valence-electron chi connectivity index (χ4n) is 2.36. The summed E-state index contributed by atoms with van der Waals surface area (Å²) in [6, 6.07) is 7.85. The smallest absolute Gasteiger partial charge is 0.242 e. The molecule has 0 saturated carbocycles. The lowest BCUT2D eigenvalue weighted by atomic mass is 10.0. The Morgan fingerprint density at radius 1 is 1.20 bits per heavy atom. The number of piperazine rings is 1. The normalized spacial score (nSPS) is 16.4. The molecule has 1 aliphatic rings. The standard InChI is InChI=1S/C15H22ClN3O/c1-15(2,17-3)14(20)19-10-8-18(9-11-19)13-7-5-4-6-12(13)16/h4-7,17H,8-11H2,1-3H3. The Kier molecular flexibility index (Phi) is 4.55. The largest absolute Gasteiger partial charge is 0.367 e. The molecule has 1 fully saturated rings. The molecular formula is C15H22ClN3O. The minimum absolute atomic E-state index is 0.152. The van der Waals surface area contributed by atoms with Gasteiger partial charge in [0.25, 0.3) is 0 Å². The predicted molar refractivity (Wildman–Crippen MR) is 83.4 cm³/mol. The van der Waals surface area contributed by atoms with E-state index in [1.54, 1.807) is 0 Å². The molecular weight excluding hydrogens is 274 g/mol. The summed E-state index contributed by atoms with van der Waals surface area (Å²) in [5.74, 6) is 0.152. The van der Waals surface area contributed by atoms with Crippen LogP contribution in [0, 0.1) is 0 Å². The quantitative estimate of drug-likeness (QED) is 0.926. The van der Waals surface area contributed by atoms with E-state index in [4.69, 9.17) is 11.6 Å². The average Bonchev–Trinajstić information content (AvgIpc) is 2.47. The van der Waals surface area contributed by atoms with Crippen molar-refractivity contribution in [3.05, 3.63) is 29.3 Å². The van der Waals surface area contributed by atoms with E-state index in [0.29, 0.717) is 0 Å². The van der Waals surface area contributed by atoms with E-state index in [0.717, 1.165) is 36.9 Å². The van der Waals surface area contributed by atoms with Crippen molar-refractivity contribution in [2.24, 2.45) is 0 Å². The number of carbonyl (C=O) groups excluding carboxylic acids is 1. The number of nitrogens with one attached hydrogen (secondary N) is 1. The van der Waals surface area contributed by atoms with Crippen LogP contribution in [0.1, 0.15) is 13.8 Å². The summed E-state index contributed by atoms with van der Waals surface area (Å²) in [4.78, 5) is 16.5. The van der Waals surface area contributed by atoms with Crippen molar-refractivity contribution in [3.8, 4) is 0 Å². The molecule has 2 rings (SSSR count). The molecule has 0 aliphatic carbocycles. The zero-order chi connectivity index (χ0) is 14.8. The number of hydrogen-bond donors (Lipinski definition) is 1. The van der Waals surface area contributed by atoms with Crippen LogP contribution in [0.3, 0.4) is 0 Å². The molecule has 1 amide bonds. The maximum atomic E-state index is 12.4.